The van der Waals surface area contributed by atoms with E-state index in [0.717, 1.165) is 0 Å². The molecule has 18 heavy (non-hydrogen) atoms. The molecule has 2 rings (SSSR count). The zero-order valence-electron chi connectivity index (χ0n) is 9.33. The molecular formula is C13H11Cl2FN2. The summed E-state index contributed by atoms with van der Waals surface area (Å²) in [6, 6.07) is 11.0. The molecule has 2 aromatic rings. The van der Waals surface area contributed by atoms with E-state index in [1.54, 1.807) is 30.3 Å². The van der Waals surface area contributed by atoms with E-state index in [2.05, 4.69) is 5.43 Å². The number of nitrogens with one attached hydrogen (secondary N) is 1. The van der Waals surface area contributed by atoms with Crippen LogP contribution in [-0.4, -0.2) is 0 Å². The average Bonchev–Trinajstić information content (AvgIpc) is 2.35. The molecule has 0 saturated heterocycles. The van der Waals surface area contributed by atoms with Crippen molar-refractivity contribution in [2.75, 3.05) is 0 Å². The number of hydrazine groups is 1. The molecule has 3 N–H and O–H groups in total. The van der Waals surface area contributed by atoms with Gasteiger partial charge in [0.2, 0.25) is 0 Å². The van der Waals surface area contributed by atoms with Crippen LogP contribution < -0.4 is 11.3 Å². The molecule has 0 fully saturated rings. The standard InChI is InChI=1S/C13H11Cl2FN2/c14-11-6-2-5-10(12(11)15)13(18-17)8-3-1-4-9(16)7-8/h1-7,13,18H,17H2. The number of halogens is 3. The zero-order valence-corrected chi connectivity index (χ0v) is 10.8. The molecule has 1 atom stereocenters. The Labute approximate surface area is 114 Å². The summed E-state index contributed by atoms with van der Waals surface area (Å²) < 4.78 is 13.2. The molecule has 0 aliphatic carbocycles. The third-order valence-electron chi connectivity index (χ3n) is 2.64. The van der Waals surface area contributed by atoms with Crippen molar-refractivity contribution >= 4 is 23.2 Å². The highest BCUT2D eigenvalue weighted by atomic mass is 35.5. The van der Waals surface area contributed by atoms with Crippen molar-refractivity contribution in [1.29, 1.82) is 0 Å². The van der Waals surface area contributed by atoms with Gasteiger partial charge in [-0.3, -0.25) is 5.84 Å². The molecule has 0 aliphatic heterocycles. The summed E-state index contributed by atoms with van der Waals surface area (Å²) in [6.07, 6.45) is 0. The number of hydrogen-bond donors (Lipinski definition) is 2. The van der Waals surface area contributed by atoms with Gasteiger partial charge in [-0.1, -0.05) is 47.5 Å². The SMILES string of the molecule is NNC(c1cccc(F)c1)c1cccc(Cl)c1Cl. The van der Waals surface area contributed by atoms with Gasteiger partial charge in [0.1, 0.15) is 5.82 Å². The van der Waals surface area contributed by atoms with Gasteiger partial charge in [-0.15, -0.1) is 0 Å². The molecular weight excluding hydrogens is 274 g/mol. The Morgan fingerprint density at radius 1 is 1.11 bits per heavy atom. The first-order valence-electron chi connectivity index (χ1n) is 5.29. The number of benzene rings is 2. The summed E-state index contributed by atoms with van der Waals surface area (Å²) in [6.45, 7) is 0. The van der Waals surface area contributed by atoms with E-state index in [1.807, 2.05) is 0 Å². The van der Waals surface area contributed by atoms with E-state index in [4.69, 9.17) is 29.0 Å². The highest BCUT2D eigenvalue weighted by Crippen LogP contribution is 2.32. The molecule has 0 aromatic heterocycles. The van der Waals surface area contributed by atoms with Crippen molar-refractivity contribution in [3.05, 3.63) is 69.5 Å². The molecule has 2 nitrogen and oxygen atoms in total. The fraction of sp³-hybridized carbons (Fsp3) is 0.0769. The highest BCUT2D eigenvalue weighted by Gasteiger charge is 2.17. The molecule has 2 aromatic carbocycles. The molecule has 1 unspecified atom stereocenters. The predicted molar refractivity (Wildman–Crippen MR) is 72.0 cm³/mol. The number of hydrogen-bond acceptors (Lipinski definition) is 2. The van der Waals surface area contributed by atoms with Crippen molar-refractivity contribution in [1.82, 2.24) is 5.43 Å². The molecule has 0 spiro atoms. The van der Waals surface area contributed by atoms with Gasteiger partial charge < -0.3 is 0 Å². The van der Waals surface area contributed by atoms with Crippen molar-refractivity contribution in [2.24, 2.45) is 5.84 Å². The van der Waals surface area contributed by atoms with Crippen molar-refractivity contribution in [3.63, 3.8) is 0 Å². The molecule has 0 heterocycles. The summed E-state index contributed by atoms with van der Waals surface area (Å²) in [5.74, 6) is 5.20. The summed E-state index contributed by atoms with van der Waals surface area (Å²) in [5.41, 5.74) is 4.01. The van der Waals surface area contributed by atoms with Gasteiger partial charge >= 0.3 is 0 Å². The first-order valence-corrected chi connectivity index (χ1v) is 6.04. The lowest BCUT2D eigenvalue weighted by atomic mass is 9.99. The minimum Gasteiger partial charge on any atom is -0.271 e. The Bertz CT molecular complexity index is 560. The highest BCUT2D eigenvalue weighted by molar-refractivity contribution is 6.42. The third-order valence-corrected chi connectivity index (χ3v) is 3.47. The van der Waals surface area contributed by atoms with E-state index in [1.165, 1.54) is 12.1 Å². The van der Waals surface area contributed by atoms with Crippen LogP contribution in [0, 0.1) is 5.82 Å². The van der Waals surface area contributed by atoms with E-state index >= 15 is 0 Å². The van der Waals surface area contributed by atoms with Crippen molar-refractivity contribution in [3.8, 4) is 0 Å². The van der Waals surface area contributed by atoms with Crippen LogP contribution >= 0.6 is 23.2 Å². The van der Waals surface area contributed by atoms with Gasteiger partial charge in [-0.2, -0.15) is 0 Å². The maximum Gasteiger partial charge on any atom is 0.123 e. The van der Waals surface area contributed by atoms with Crippen LogP contribution in [0.2, 0.25) is 10.0 Å². The summed E-state index contributed by atoms with van der Waals surface area (Å²) >= 11 is 12.1. The first kappa shape index (κ1) is 13.3. The fourth-order valence-electron chi connectivity index (χ4n) is 1.80. The molecule has 94 valence electrons. The zero-order chi connectivity index (χ0) is 13.1. The van der Waals surface area contributed by atoms with Crippen LogP contribution in [0.4, 0.5) is 4.39 Å². The van der Waals surface area contributed by atoms with Gasteiger partial charge in [0, 0.05) is 0 Å². The Morgan fingerprint density at radius 2 is 1.83 bits per heavy atom. The lowest BCUT2D eigenvalue weighted by Crippen LogP contribution is -2.29. The van der Waals surface area contributed by atoms with Gasteiger partial charge in [0.25, 0.3) is 0 Å². The maximum atomic E-state index is 13.2. The lowest BCUT2D eigenvalue weighted by molar-refractivity contribution is 0.605. The quantitative estimate of drug-likeness (QED) is 0.666. The second kappa shape index (κ2) is 5.67. The Balaban J connectivity index is 2.49. The maximum absolute atomic E-state index is 13.2. The van der Waals surface area contributed by atoms with Crippen LogP contribution in [0.3, 0.4) is 0 Å². The van der Waals surface area contributed by atoms with Crippen LogP contribution in [0.25, 0.3) is 0 Å². The monoisotopic (exact) mass is 284 g/mol. The van der Waals surface area contributed by atoms with Gasteiger partial charge in [-0.25, -0.2) is 9.82 Å². The van der Waals surface area contributed by atoms with Crippen LogP contribution in [-0.2, 0) is 0 Å². The Hall–Kier alpha value is -1.13. The number of nitrogens with two attached hydrogens (primary N) is 1. The molecule has 5 heteroatoms. The summed E-state index contributed by atoms with van der Waals surface area (Å²) in [5, 5.41) is 0.845. The molecule has 0 bridgehead atoms. The minimum atomic E-state index is -0.410. The summed E-state index contributed by atoms with van der Waals surface area (Å²) in [4.78, 5) is 0. The molecule has 0 saturated carbocycles. The topological polar surface area (TPSA) is 38.0 Å². The number of rotatable bonds is 3. The Kier molecular flexibility index (Phi) is 4.19. The lowest BCUT2D eigenvalue weighted by Gasteiger charge is -2.18. The third kappa shape index (κ3) is 2.65. The van der Waals surface area contributed by atoms with E-state index in [0.29, 0.717) is 21.2 Å². The van der Waals surface area contributed by atoms with E-state index in [-0.39, 0.29) is 5.82 Å². The Morgan fingerprint density at radius 3 is 2.50 bits per heavy atom. The van der Waals surface area contributed by atoms with Crippen LogP contribution in [0.1, 0.15) is 17.2 Å². The molecule has 0 amide bonds. The fourth-order valence-corrected chi connectivity index (χ4v) is 2.21. The second-order valence-electron chi connectivity index (χ2n) is 3.80. The van der Waals surface area contributed by atoms with Gasteiger partial charge in [-0.05, 0) is 29.3 Å². The van der Waals surface area contributed by atoms with Crippen LogP contribution in [0.15, 0.2) is 42.5 Å². The van der Waals surface area contributed by atoms with Crippen molar-refractivity contribution < 1.29 is 4.39 Å². The molecule has 0 aliphatic rings. The van der Waals surface area contributed by atoms with E-state index in [9.17, 15) is 4.39 Å². The largest absolute Gasteiger partial charge is 0.271 e. The van der Waals surface area contributed by atoms with E-state index < -0.39 is 6.04 Å². The van der Waals surface area contributed by atoms with Crippen LogP contribution in [0.5, 0.6) is 0 Å². The predicted octanol–water partition coefficient (Wildman–Crippen LogP) is 3.69. The summed E-state index contributed by atoms with van der Waals surface area (Å²) in [7, 11) is 0. The minimum absolute atomic E-state index is 0.328. The van der Waals surface area contributed by atoms with Crippen molar-refractivity contribution in [2.45, 2.75) is 6.04 Å². The second-order valence-corrected chi connectivity index (χ2v) is 4.58. The van der Waals surface area contributed by atoms with Gasteiger partial charge in [0.15, 0.2) is 0 Å². The first-order chi connectivity index (χ1) is 8.63. The van der Waals surface area contributed by atoms with Gasteiger partial charge in [0.05, 0.1) is 16.1 Å². The molecule has 0 radical (unpaired) electrons. The average molecular weight is 285 g/mol. The smallest absolute Gasteiger partial charge is 0.123 e. The normalized spacial score (nSPS) is 12.4.